The third-order valence-electron chi connectivity index (χ3n) is 5.95. The van der Waals surface area contributed by atoms with Crippen LogP contribution in [0.4, 0.5) is 0 Å². The lowest BCUT2D eigenvalue weighted by atomic mass is 10.1. The van der Waals surface area contributed by atoms with Crippen molar-refractivity contribution >= 4 is 29.1 Å². The third-order valence-corrected chi connectivity index (χ3v) is 6.82. The van der Waals surface area contributed by atoms with Crippen LogP contribution in [-0.4, -0.2) is 35.2 Å². The van der Waals surface area contributed by atoms with Crippen LogP contribution < -0.4 is 10.6 Å². The first-order valence-corrected chi connectivity index (χ1v) is 12.4. The lowest BCUT2D eigenvalue weighted by molar-refractivity contribution is -0.141. The first-order chi connectivity index (χ1) is 16.5. The molecule has 178 valence electrons. The normalized spacial score (nSPS) is 14.5. The van der Waals surface area contributed by atoms with Gasteiger partial charge in [0, 0.05) is 12.6 Å². The van der Waals surface area contributed by atoms with Gasteiger partial charge in [0.15, 0.2) is 6.04 Å². The van der Waals surface area contributed by atoms with E-state index in [0.29, 0.717) is 16.4 Å². The second kappa shape index (κ2) is 11.2. The highest BCUT2D eigenvalue weighted by Crippen LogP contribution is 2.27. The zero-order valence-electron chi connectivity index (χ0n) is 19.2. The number of benzene rings is 1. The zero-order chi connectivity index (χ0) is 23.9. The predicted octanol–water partition coefficient (Wildman–Crippen LogP) is 4.21. The summed E-state index contributed by atoms with van der Waals surface area (Å²) in [6.45, 7) is 1.79. The maximum absolute atomic E-state index is 13.5. The van der Waals surface area contributed by atoms with Crippen molar-refractivity contribution in [3.8, 4) is 0 Å². The summed E-state index contributed by atoms with van der Waals surface area (Å²) >= 11 is 1.31. The molecule has 1 fully saturated rings. The highest BCUT2D eigenvalue weighted by atomic mass is 32.1. The smallest absolute Gasteiger partial charge is 0.261 e. The number of amides is 3. The summed E-state index contributed by atoms with van der Waals surface area (Å²) < 4.78 is 5.84. The molecule has 3 amide bonds. The first-order valence-electron chi connectivity index (χ1n) is 11.5. The lowest BCUT2D eigenvalue weighted by Gasteiger charge is -2.31. The number of rotatable bonds is 9. The Morgan fingerprint density at radius 2 is 1.82 bits per heavy atom. The van der Waals surface area contributed by atoms with Gasteiger partial charge < -0.3 is 20.0 Å². The number of nitrogens with zero attached hydrogens (tertiary/aromatic N) is 1. The number of thiophene rings is 1. The molecule has 1 unspecified atom stereocenters. The molecular formula is C26H29N3O4S. The summed E-state index contributed by atoms with van der Waals surface area (Å²) in [6.07, 6.45) is 4.02. The fraction of sp³-hybridized carbons (Fsp3) is 0.346. The van der Waals surface area contributed by atoms with Gasteiger partial charge in [0.1, 0.15) is 11.5 Å². The van der Waals surface area contributed by atoms with Crippen molar-refractivity contribution in [2.75, 3.05) is 6.54 Å². The molecule has 0 bridgehead atoms. The van der Waals surface area contributed by atoms with Crippen molar-refractivity contribution in [1.29, 1.82) is 0 Å². The molecule has 7 nitrogen and oxygen atoms in total. The molecule has 8 heteroatoms. The summed E-state index contributed by atoms with van der Waals surface area (Å²) in [5, 5.41) is 7.62. The fourth-order valence-electron chi connectivity index (χ4n) is 4.23. The Morgan fingerprint density at radius 3 is 2.47 bits per heavy atom. The van der Waals surface area contributed by atoms with Crippen molar-refractivity contribution in [3.63, 3.8) is 0 Å². The van der Waals surface area contributed by atoms with E-state index in [-0.39, 0.29) is 36.9 Å². The molecule has 1 aromatic carbocycles. The molecule has 3 aromatic rings. The Hall–Kier alpha value is -3.39. The molecule has 2 heterocycles. The molecule has 1 aliphatic rings. The Kier molecular flexibility index (Phi) is 7.80. The van der Waals surface area contributed by atoms with E-state index >= 15 is 0 Å². The predicted molar refractivity (Wildman–Crippen MR) is 130 cm³/mol. The monoisotopic (exact) mass is 479 g/mol. The minimum atomic E-state index is -0.944. The van der Waals surface area contributed by atoms with Crippen LogP contribution in [0.25, 0.3) is 0 Å². The highest BCUT2D eigenvalue weighted by molar-refractivity contribution is 7.12. The number of furan rings is 1. The summed E-state index contributed by atoms with van der Waals surface area (Å²) in [7, 11) is 0. The van der Waals surface area contributed by atoms with Crippen LogP contribution in [0, 0.1) is 6.92 Å². The first kappa shape index (κ1) is 23.8. The molecule has 34 heavy (non-hydrogen) atoms. The van der Waals surface area contributed by atoms with Gasteiger partial charge >= 0.3 is 0 Å². The van der Waals surface area contributed by atoms with Crippen molar-refractivity contribution < 1.29 is 18.8 Å². The molecule has 2 N–H and O–H groups in total. The number of aryl methyl sites for hydroxylation is 1. The Bertz CT molecular complexity index is 1100. The molecule has 0 saturated heterocycles. The van der Waals surface area contributed by atoms with Crippen LogP contribution in [0.15, 0.2) is 64.4 Å². The third kappa shape index (κ3) is 5.94. The number of hydrogen-bond acceptors (Lipinski definition) is 5. The lowest BCUT2D eigenvalue weighted by Crippen LogP contribution is -2.48. The van der Waals surface area contributed by atoms with Crippen LogP contribution in [0.2, 0.25) is 0 Å². The molecule has 0 spiro atoms. The SMILES string of the molecule is Cc1ccc(C(C(=O)NC2CCCC2)N(Cc2ccccc2)C(=O)CNC(=O)c2cccs2)o1. The molecular weight excluding hydrogens is 450 g/mol. The van der Waals surface area contributed by atoms with Crippen molar-refractivity contribution in [3.05, 3.63) is 81.9 Å². The summed E-state index contributed by atoms with van der Waals surface area (Å²) in [5.41, 5.74) is 0.877. The van der Waals surface area contributed by atoms with E-state index in [4.69, 9.17) is 4.42 Å². The van der Waals surface area contributed by atoms with E-state index in [9.17, 15) is 14.4 Å². The van der Waals surface area contributed by atoms with Crippen molar-refractivity contribution in [1.82, 2.24) is 15.5 Å². The molecule has 1 aliphatic carbocycles. The molecule has 2 aromatic heterocycles. The molecule has 0 aliphatic heterocycles. The van der Waals surface area contributed by atoms with Gasteiger partial charge in [-0.1, -0.05) is 49.2 Å². The second-order valence-corrected chi connectivity index (χ2v) is 9.46. The second-order valence-electron chi connectivity index (χ2n) is 8.51. The summed E-state index contributed by atoms with van der Waals surface area (Å²) in [4.78, 5) is 41.4. The van der Waals surface area contributed by atoms with Gasteiger partial charge in [-0.15, -0.1) is 11.3 Å². The van der Waals surface area contributed by atoms with Gasteiger partial charge in [-0.25, -0.2) is 0 Å². The van der Waals surface area contributed by atoms with E-state index in [0.717, 1.165) is 31.2 Å². The molecule has 0 radical (unpaired) electrons. The van der Waals surface area contributed by atoms with Crippen LogP contribution >= 0.6 is 11.3 Å². The van der Waals surface area contributed by atoms with Crippen LogP contribution in [0.3, 0.4) is 0 Å². The minimum Gasteiger partial charge on any atom is -0.464 e. The average molecular weight is 480 g/mol. The quantitative estimate of drug-likeness (QED) is 0.481. The summed E-state index contributed by atoms with van der Waals surface area (Å²) in [6, 6.07) is 15.7. The maximum atomic E-state index is 13.5. The number of carbonyl (C=O) groups excluding carboxylic acids is 3. The number of nitrogens with one attached hydrogen (secondary N) is 2. The Balaban J connectivity index is 1.60. The number of carbonyl (C=O) groups is 3. The fourth-order valence-corrected chi connectivity index (χ4v) is 4.87. The van der Waals surface area contributed by atoms with E-state index in [1.54, 1.807) is 36.6 Å². The van der Waals surface area contributed by atoms with Gasteiger partial charge in [0.2, 0.25) is 5.91 Å². The molecule has 4 rings (SSSR count). The van der Waals surface area contributed by atoms with Crippen LogP contribution in [-0.2, 0) is 16.1 Å². The van der Waals surface area contributed by atoms with Gasteiger partial charge in [-0.05, 0) is 48.9 Å². The Labute approximate surface area is 203 Å². The standard InChI is InChI=1S/C26H29N3O4S/c1-18-13-14-21(33-18)24(26(32)28-20-10-5-6-11-20)29(17-19-8-3-2-4-9-19)23(30)16-27-25(31)22-12-7-15-34-22/h2-4,7-9,12-15,20,24H,5-6,10-11,16-17H2,1H3,(H,27,31)(H,28,32). The van der Waals surface area contributed by atoms with Gasteiger partial charge in [0.25, 0.3) is 11.8 Å². The summed E-state index contributed by atoms with van der Waals surface area (Å²) in [5.74, 6) is 0.113. The van der Waals surface area contributed by atoms with Crippen LogP contribution in [0.5, 0.6) is 0 Å². The molecule has 1 atom stereocenters. The largest absolute Gasteiger partial charge is 0.464 e. The van der Waals surface area contributed by atoms with Gasteiger partial charge in [-0.2, -0.15) is 0 Å². The van der Waals surface area contributed by atoms with E-state index in [1.807, 2.05) is 30.3 Å². The highest BCUT2D eigenvalue weighted by Gasteiger charge is 2.35. The van der Waals surface area contributed by atoms with Crippen LogP contribution in [0.1, 0.15) is 58.5 Å². The van der Waals surface area contributed by atoms with Crippen molar-refractivity contribution in [2.24, 2.45) is 0 Å². The Morgan fingerprint density at radius 1 is 1.06 bits per heavy atom. The van der Waals surface area contributed by atoms with Gasteiger partial charge in [-0.3, -0.25) is 14.4 Å². The zero-order valence-corrected chi connectivity index (χ0v) is 20.0. The topological polar surface area (TPSA) is 91.7 Å². The number of hydrogen-bond donors (Lipinski definition) is 2. The minimum absolute atomic E-state index is 0.0956. The van der Waals surface area contributed by atoms with E-state index in [1.165, 1.54) is 16.2 Å². The molecule has 1 saturated carbocycles. The maximum Gasteiger partial charge on any atom is 0.261 e. The van der Waals surface area contributed by atoms with E-state index in [2.05, 4.69) is 10.6 Å². The van der Waals surface area contributed by atoms with E-state index < -0.39 is 6.04 Å². The van der Waals surface area contributed by atoms with Gasteiger partial charge in [0.05, 0.1) is 11.4 Å². The van der Waals surface area contributed by atoms with Crippen molar-refractivity contribution in [2.45, 2.75) is 51.2 Å². The average Bonchev–Trinajstić information content (AvgIpc) is 3.61.